The number of pyridine rings is 1. The normalized spacial score (nSPS) is 14.3. The van der Waals surface area contributed by atoms with Crippen LogP contribution in [0.3, 0.4) is 0 Å². The van der Waals surface area contributed by atoms with Gasteiger partial charge >= 0.3 is 5.97 Å². The lowest BCUT2D eigenvalue weighted by atomic mass is 10.1. The highest BCUT2D eigenvalue weighted by atomic mass is 16.5. The summed E-state index contributed by atoms with van der Waals surface area (Å²) >= 11 is 0. The number of hydrazine groups is 1. The second kappa shape index (κ2) is 11.2. The van der Waals surface area contributed by atoms with Gasteiger partial charge in [-0.15, -0.1) is 0 Å². The van der Waals surface area contributed by atoms with Crippen molar-refractivity contribution in [1.29, 1.82) is 0 Å². The Labute approximate surface area is 201 Å². The van der Waals surface area contributed by atoms with Crippen molar-refractivity contribution in [2.45, 2.75) is 31.9 Å². The number of hydrogen-bond acceptors (Lipinski definition) is 12. The van der Waals surface area contributed by atoms with Crippen molar-refractivity contribution >= 4 is 24.1 Å². The number of aromatic nitrogens is 6. The molecule has 0 spiro atoms. The molecule has 0 bridgehead atoms. The molecule has 0 aromatic carbocycles. The van der Waals surface area contributed by atoms with E-state index in [0.29, 0.717) is 17.5 Å². The van der Waals surface area contributed by atoms with Crippen LogP contribution in [-0.4, -0.2) is 62.5 Å². The molecule has 14 nitrogen and oxygen atoms in total. The van der Waals surface area contributed by atoms with Gasteiger partial charge in [0.2, 0.25) is 5.95 Å². The first-order chi connectivity index (χ1) is 17.1. The van der Waals surface area contributed by atoms with Gasteiger partial charge in [-0.25, -0.2) is 25.8 Å². The van der Waals surface area contributed by atoms with Gasteiger partial charge in [-0.05, 0) is 25.0 Å². The number of ether oxygens (including phenoxy) is 2. The number of carbonyl (C=O) groups is 1. The highest BCUT2D eigenvalue weighted by Gasteiger charge is 2.24. The topological polar surface area (TPSA) is 176 Å². The van der Waals surface area contributed by atoms with Gasteiger partial charge in [-0.3, -0.25) is 4.79 Å². The maximum absolute atomic E-state index is 11.4. The van der Waals surface area contributed by atoms with Gasteiger partial charge in [0.25, 0.3) is 0 Å². The van der Waals surface area contributed by atoms with Crippen LogP contribution in [0.4, 0.5) is 11.8 Å². The largest absolute Gasteiger partial charge is 0.486 e. The van der Waals surface area contributed by atoms with Gasteiger partial charge in [0.15, 0.2) is 0 Å². The summed E-state index contributed by atoms with van der Waals surface area (Å²) in [4.78, 5) is 28.2. The molecular formula is C21H27N11O3. The SMILES string of the molecule is COC(=O)Cc1cnc(N2CCC(n3ncc(COc4ccc(N(N)/C=N\N)nc4)n3)CC2)nc1. The number of esters is 1. The van der Waals surface area contributed by atoms with Gasteiger partial charge < -0.3 is 20.2 Å². The summed E-state index contributed by atoms with van der Waals surface area (Å²) in [5.74, 6) is 12.2. The second-order valence-corrected chi connectivity index (χ2v) is 7.83. The molecule has 184 valence electrons. The van der Waals surface area contributed by atoms with Crippen LogP contribution < -0.4 is 26.3 Å². The first kappa shape index (κ1) is 23.8. The average Bonchev–Trinajstić information content (AvgIpc) is 3.37. The van der Waals surface area contributed by atoms with E-state index < -0.39 is 0 Å². The number of rotatable bonds is 9. The molecule has 0 radical (unpaired) electrons. The minimum atomic E-state index is -0.315. The molecule has 1 fully saturated rings. The maximum Gasteiger partial charge on any atom is 0.310 e. The summed E-state index contributed by atoms with van der Waals surface area (Å²) in [6.07, 6.45) is 9.72. The number of carbonyl (C=O) groups excluding carboxylic acids is 1. The highest BCUT2D eigenvalue weighted by molar-refractivity contribution is 5.75. The lowest BCUT2D eigenvalue weighted by molar-refractivity contribution is -0.139. The van der Waals surface area contributed by atoms with E-state index in [9.17, 15) is 4.79 Å². The molecule has 4 N–H and O–H groups in total. The van der Waals surface area contributed by atoms with Crippen molar-refractivity contribution in [2.75, 3.05) is 30.1 Å². The molecule has 1 saturated heterocycles. The van der Waals surface area contributed by atoms with Crippen molar-refractivity contribution < 1.29 is 14.3 Å². The van der Waals surface area contributed by atoms with Crippen LogP contribution in [0.25, 0.3) is 0 Å². The van der Waals surface area contributed by atoms with E-state index in [4.69, 9.17) is 16.4 Å². The van der Waals surface area contributed by atoms with Gasteiger partial charge in [0.05, 0.1) is 32.0 Å². The highest BCUT2D eigenvalue weighted by Crippen LogP contribution is 2.24. The van der Waals surface area contributed by atoms with Crippen molar-refractivity contribution in [3.05, 3.63) is 48.2 Å². The molecule has 0 unspecified atom stereocenters. The van der Waals surface area contributed by atoms with E-state index in [0.717, 1.165) is 37.2 Å². The Balaban J connectivity index is 1.26. The number of hydrogen-bond donors (Lipinski definition) is 2. The standard InChI is InChI=1S/C21H27N11O3/c1-34-20(33)8-15-9-25-21(26-10-15)30-6-4-17(5-7-30)32-28-11-16(29-32)13-35-18-2-3-19(24-12-18)31(23)14-27-22/h2-3,9-12,14,17H,4-8,13,22-23H2,1H3/b27-14-. The fourth-order valence-electron chi connectivity index (χ4n) is 3.59. The molecule has 0 saturated carbocycles. The number of nitrogens with two attached hydrogens (primary N) is 2. The van der Waals surface area contributed by atoms with Crippen LogP contribution in [0.1, 0.15) is 30.1 Å². The van der Waals surface area contributed by atoms with Gasteiger partial charge in [-0.2, -0.15) is 20.1 Å². The lowest BCUT2D eigenvalue weighted by Crippen LogP contribution is -2.36. The van der Waals surface area contributed by atoms with Crippen LogP contribution in [0.2, 0.25) is 0 Å². The fraction of sp³-hybridized carbons (Fsp3) is 0.381. The average molecular weight is 482 g/mol. The van der Waals surface area contributed by atoms with E-state index in [1.807, 2.05) is 0 Å². The summed E-state index contributed by atoms with van der Waals surface area (Å²) in [5, 5.41) is 13.5. The molecule has 1 aliphatic heterocycles. The first-order valence-electron chi connectivity index (χ1n) is 10.9. The molecule has 0 aliphatic carbocycles. The Bertz CT molecular complexity index is 1130. The first-order valence-corrected chi connectivity index (χ1v) is 10.9. The molecule has 14 heteroatoms. The van der Waals surface area contributed by atoms with Crippen LogP contribution >= 0.6 is 0 Å². The van der Waals surface area contributed by atoms with Crippen LogP contribution in [0.5, 0.6) is 5.75 Å². The third kappa shape index (κ3) is 6.17. The Hall–Kier alpha value is -4.33. The zero-order chi connectivity index (χ0) is 24.6. The van der Waals surface area contributed by atoms with Crippen molar-refractivity contribution in [1.82, 2.24) is 29.9 Å². The Morgan fingerprint density at radius 1 is 1.20 bits per heavy atom. The third-order valence-electron chi connectivity index (χ3n) is 5.46. The Kier molecular flexibility index (Phi) is 7.62. The van der Waals surface area contributed by atoms with Crippen LogP contribution in [0, 0.1) is 0 Å². The maximum atomic E-state index is 11.4. The molecule has 4 heterocycles. The van der Waals surface area contributed by atoms with Crippen LogP contribution in [0.15, 0.2) is 42.0 Å². The number of anilines is 2. The molecule has 3 aromatic rings. The number of piperidine rings is 1. The summed E-state index contributed by atoms with van der Waals surface area (Å²) < 4.78 is 10.4. The minimum absolute atomic E-state index is 0.161. The van der Waals surface area contributed by atoms with E-state index >= 15 is 0 Å². The molecule has 0 amide bonds. The zero-order valence-corrected chi connectivity index (χ0v) is 19.3. The lowest BCUT2D eigenvalue weighted by Gasteiger charge is -2.31. The summed E-state index contributed by atoms with van der Waals surface area (Å²) in [6.45, 7) is 1.82. The predicted octanol–water partition coefficient (Wildman–Crippen LogP) is 0.181. The van der Waals surface area contributed by atoms with Gasteiger partial charge in [0.1, 0.15) is 30.2 Å². The van der Waals surface area contributed by atoms with E-state index in [-0.39, 0.29) is 25.0 Å². The van der Waals surface area contributed by atoms with E-state index in [1.54, 1.807) is 41.7 Å². The molecular weight excluding hydrogens is 454 g/mol. The second-order valence-electron chi connectivity index (χ2n) is 7.83. The predicted molar refractivity (Wildman–Crippen MR) is 126 cm³/mol. The number of hydrazone groups is 1. The molecule has 35 heavy (non-hydrogen) atoms. The quantitative estimate of drug-likeness (QED) is 0.140. The molecule has 3 aromatic heterocycles. The zero-order valence-electron chi connectivity index (χ0n) is 19.3. The monoisotopic (exact) mass is 481 g/mol. The fourth-order valence-corrected chi connectivity index (χ4v) is 3.59. The van der Waals surface area contributed by atoms with Crippen molar-refractivity contribution in [3.63, 3.8) is 0 Å². The summed E-state index contributed by atoms with van der Waals surface area (Å²) in [6, 6.07) is 3.62. The van der Waals surface area contributed by atoms with Gasteiger partial charge in [-0.1, -0.05) is 0 Å². The molecule has 0 atom stereocenters. The summed E-state index contributed by atoms with van der Waals surface area (Å²) in [5.41, 5.74) is 1.44. The Morgan fingerprint density at radius 3 is 2.63 bits per heavy atom. The van der Waals surface area contributed by atoms with E-state index in [2.05, 4.69) is 39.9 Å². The van der Waals surface area contributed by atoms with Crippen molar-refractivity contribution in [2.24, 2.45) is 16.8 Å². The third-order valence-corrected chi connectivity index (χ3v) is 5.46. The van der Waals surface area contributed by atoms with Crippen molar-refractivity contribution in [3.8, 4) is 5.75 Å². The van der Waals surface area contributed by atoms with E-state index in [1.165, 1.54) is 18.5 Å². The number of nitrogens with zero attached hydrogens (tertiary/aromatic N) is 9. The smallest absolute Gasteiger partial charge is 0.310 e. The summed E-state index contributed by atoms with van der Waals surface area (Å²) in [7, 11) is 1.36. The van der Waals surface area contributed by atoms with Gasteiger partial charge in [0, 0.05) is 31.0 Å². The Morgan fingerprint density at radius 2 is 1.97 bits per heavy atom. The molecule has 1 aliphatic rings. The molecule has 4 rings (SSSR count). The number of methoxy groups -OCH3 is 1. The minimum Gasteiger partial charge on any atom is -0.486 e. The van der Waals surface area contributed by atoms with Crippen LogP contribution in [-0.2, 0) is 22.6 Å².